The molecule has 31 heavy (non-hydrogen) atoms. The molecule has 1 spiro atoms. The van der Waals surface area contributed by atoms with Gasteiger partial charge < -0.3 is 24.4 Å². The topological polar surface area (TPSA) is 65.5 Å². The molecular formula is C24H37N3O4. The number of ether oxygens (including phenoxy) is 2. The summed E-state index contributed by atoms with van der Waals surface area (Å²) < 4.78 is 11.9. The van der Waals surface area contributed by atoms with Crippen molar-refractivity contribution >= 4 is 5.91 Å². The number of hydrogen-bond acceptors (Lipinski definition) is 6. The number of aliphatic hydroxyl groups excluding tert-OH is 1. The Hall–Kier alpha value is -1.67. The fourth-order valence-electron chi connectivity index (χ4n) is 5.05. The van der Waals surface area contributed by atoms with Crippen LogP contribution < -0.4 is 4.74 Å². The van der Waals surface area contributed by atoms with Gasteiger partial charge in [0, 0.05) is 65.9 Å². The molecule has 0 saturated carbocycles. The third-order valence-corrected chi connectivity index (χ3v) is 6.99. The Morgan fingerprint density at radius 1 is 1.13 bits per heavy atom. The number of carbonyl (C=O) groups is 1. The predicted octanol–water partition coefficient (Wildman–Crippen LogP) is 1.74. The second-order valence-corrected chi connectivity index (χ2v) is 9.33. The van der Waals surface area contributed by atoms with E-state index in [1.165, 1.54) is 18.4 Å². The van der Waals surface area contributed by atoms with E-state index in [0.717, 1.165) is 71.0 Å². The number of aliphatic hydroxyl groups is 1. The van der Waals surface area contributed by atoms with E-state index in [-0.39, 0.29) is 11.5 Å². The van der Waals surface area contributed by atoms with E-state index in [1.54, 1.807) is 6.92 Å². The number of amides is 1. The molecule has 1 amide bonds. The number of likely N-dealkylation sites (tertiary alicyclic amines) is 1. The number of nitrogens with zero attached hydrogens (tertiary/aromatic N) is 3. The molecule has 0 aromatic heterocycles. The van der Waals surface area contributed by atoms with Gasteiger partial charge in [0.1, 0.15) is 18.5 Å². The van der Waals surface area contributed by atoms with Crippen molar-refractivity contribution in [1.29, 1.82) is 0 Å². The van der Waals surface area contributed by atoms with Crippen molar-refractivity contribution in [2.45, 2.75) is 50.9 Å². The molecule has 4 rings (SSSR count). The summed E-state index contributed by atoms with van der Waals surface area (Å²) in [5.41, 5.74) is 1.32. The summed E-state index contributed by atoms with van der Waals surface area (Å²) in [6.45, 7) is 9.70. The predicted molar refractivity (Wildman–Crippen MR) is 119 cm³/mol. The largest absolute Gasteiger partial charge is 0.491 e. The maximum Gasteiger partial charge on any atom is 0.219 e. The lowest BCUT2D eigenvalue weighted by molar-refractivity contribution is -0.130. The van der Waals surface area contributed by atoms with Crippen LogP contribution in [0.5, 0.6) is 5.75 Å². The molecule has 1 atom stereocenters. The molecule has 3 aliphatic heterocycles. The van der Waals surface area contributed by atoms with Gasteiger partial charge in [-0.25, -0.2) is 0 Å². The smallest absolute Gasteiger partial charge is 0.219 e. The highest BCUT2D eigenvalue weighted by atomic mass is 16.5. The Kier molecular flexibility index (Phi) is 7.48. The first-order valence-electron chi connectivity index (χ1n) is 11.8. The van der Waals surface area contributed by atoms with Crippen LogP contribution in [-0.4, -0.2) is 96.4 Å². The zero-order valence-corrected chi connectivity index (χ0v) is 18.8. The minimum atomic E-state index is -0.498. The molecule has 1 aromatic carbocycles. The molecule has 7 nitrogen and oxygen atoms in total. The van der Waals surface area contributed by atoms with Crippen molar-refractivity contribution in [1.82, 2.24) is 14.7 Å². The molecule has 3 saturated heterocycles. The van der Waals surface area contributed by atoms with Gasteiger partial charge in [0.25, 0.3) is 0 Å². The average molecular weight is 432 g/mol. The summed E-state index contributed by atoms with van der Waals surface area (Å²) in [5, 5.41) is 10.5. The number of carbonyl (C=O) groups excluding carboxylic acids is 1. The second-order valence-electron chi connectivity index (χ2n) is 9.33. The van der Waals surface area contributed by atoms with Gasteiger partial charge >= 0.3 is 0 Å². The number of hydrogen-bond donors (Lipinski definition) is 1. The van der Waals surface area contributed by atoms with Crippen LogP contribution in [0.3, 0.4) is 0 Å². The van der Waals surface area contributed by atoms with Gasteiger partial charge in [-0.1, -0.05) is 12.1 Å². The van der Waals surface area contributed by atoms with Crippen molar-refractivity contribution in [2.75, 3.05) is 59.0 Å². The number of β-amino-alcohol motifs (C(OH)–C–C–N with tert-alkyl or cyclic N) is 1. The quantitative estimate of drug-likeness (QED) is 0.710. The van der Waals surface area contributed by atoms with Crippen LogP contribution in [0.25, 0.3) is 0 Å². The van der Waals surface area contributed by atoms with Gasteiger partial charge in [-0.3, -0.25) is 9.69 Å². The minimum Gasteiger partial charge on any atom is -0.491 e. The Labute approximate surface area is 185 Å². The molecule has 0 bridgehead atoms. The van der Waals surface area contributed by atoms with Crippen LogP contribution >= 0.6 is 0 Å². The molecule has 7 heteroatoms. The fourth-order valence-corrected chi connectivity index (χ4v) is 5.05. The van der Waals surface area contributed by atoms with Crippen LogP contribution in [0.1, 0.15) is 38.2 Å². The Morgan fingerprint density at radius 2 is 1.90 bits per heavy atom. The van der Waals surface area contributed by atoms with Crippen molar-refractivity contribution in [3.05, 3.63) is 29.8 Å². The lowest BCUT2D eigenvalue weighted by atomic mass is 9.88. The molecule has 0 aliphatic carbocycles. The molecule has 172 valence electrons. The van der Waals surface area contributed by atoms with Crippen LogP contribution in [-0.2, 0) is 16.1 Å². The van der Waals surface area contributed by atoms with Gasteiger partial charge in [-0.15, -0.1) is 0 Å². The molecule has 3 aliphatic rings. The zero-order valence-electron chi connectivity index (χ0n) is 18.8. The summed E-state index contributed by atoms with van der Waals surface area (Å²) in [7, 11) is 0. The first kappa shape index (κ1) is 22.5. The van der Waals surface area contributed by atoms with Crippen molar-refractivity contribution in [3.8, 4) is 5.75 Å². The van der Waals surface area contributed by atoms with Crippen LogP contribution in [0.15, 0.2) is 24.3 Å². The lowest BCUT2D eigenvalue weighted by Crippen LogP contribution is -2.47. The molecule has 1 aromatic rings. The summed E-state index contributed by atoms with van der Waals surface area (Å²) in [6, 6.07) is 8.13. The summed E-state index contributed by atoms with van der Waals surface area (Å²) in [5.74, 6) is 0.959. The van der Waals surface area contributed by atoms with E-state index in [9.17, 15) is 9.90 Å². The van der Waals surface area contributed by atoms with Crippen LogP contribution in [0.2, 0.25) is 0 Å². The highest BCUT2D eigenvalue weighted by molar-refractivity contribution is 5.73. The third-order valence-electron chi connectivity index (χ3n) is 6.99. The summed E-state index contributed by atoms with van der Waals surface area (Å²) >= 11 is 0. The Bertz CT molecular complexity index is 719. The van der Waals surface area contributed by atoms with Gasteiger partial charge in [0.15, 0.2) is 0 Å². The zero-order chi connectivity index (χ0) is 21.7. The van der Waals surface area contributed by atoms with E-state index in [1.807, 2.05) is 17.0 Å². The van der Waals surface area contributed by atoms with Gasteiger partial charge in [-0.05, 0) is 43.4 Å². The highest BCUT2D eigenvalue weighted by Gasteiger charge is 2.38. The summed E-state index contributed by atoms with van der Waals surface area (Å²) in [4.78, 5) is 18.1. The second kappa shape index (κ2) is 10.3. The van der Waals surface area contributed by atoms with E-state index in [2.05, 4.69) is 21.9 Å². The van der Waals surface area contributed by atoms with Gasteiger partial charge in [0.05, 0.1) is 5.60 Å². The van der Waals surface area contributed by atoms with E-state index in [4.69, 9.17) is 9.47 Å². The summed E-state index contributed by atoms with van der Waals surface area (Å²) in [6.07, 6.45) is 4.02. The molecule has 3 heterocycles. The fraction of sp³-hybridized carbons (Fsp3) is 0.708. The average Bonchev–Trinajstić information content (AvgIpc) is 3.23. The highest BCUT2D eigenvalue weighted by Crippen LogP contribution is 2.35. The maximum atomic E-state index is 11.5. The SMILES string of the molecule is CC(=O)N1CCN(Cc2cccc(OCC(O)CN3CCC4(CCCO4)CC3)c2)CC1. The normalized spacial score (nSPS) is 23.2. The lowest BCUT2D eigenvalue weighted by Gasteiger charge is -2.39. The number of piperazine rings is 1. The first-order chi connectivity index (χ1) is 15.0. The van der Waals surface area contributed by atoms with Crippen molar-refractivity contribution < 1.29 is 19.4 Å². The van der Waals surface area contributed by atoms with Gasteiger partial charge in [-0.2, -0.15) is 0 Å². The minimum absolute atomic E-state index is 0.122. The standard InChI is InChI=1S/C24H37N3O4/c1-20(28)27-13-11-26(12-14-27)17-21-4-2-5-23(16-21)30-19-22(29)18-25-9-7-24(8-10-25)6-3-15-31-24/h2,4-5,16,22,29H,3,6-15,17-19H2,1H3. The number of benzene rings is 1. The monoisotopic (exact) mass is 431 g/mol. The van der Waals surface area contributed by atoms with E-state index >= 15 is 0 Å². The number of piperidine rings is 1. The van der Waals surface area contributed by atoms with Crippen molar-refractivity contribution in [2.24, 2.45) is 0 Å². The maximum absolute atomic E-state index is 11.5. The van der Waals surface area contributed by atoms with Crippen LogP contribution in [0.4, 0.5) is 0 Å². The first-order valence-corrected chi connectivity index (χ1v) is 11.8. The Balaban J connectivity index is 1.18. The molecule has 1 N–H and O–H groups in total. The van der Waals surface area contributed by atoms with Crippen LogP contribution in [0, 0.1) is 0 Å². The molecule has 0 radical (unpaired) electrons. The van der Waals surface area contributed by atoms with E-state index in [0.29, 0.717) is 13.2 Å². The Morgan fingerprint density at radius 3 is 2.58 bits per heavy atom. The number of rotatable bonds is 7. The van der Waals surface area contributed by atoms with Gasteiger partial charge in [0.2, 0.25) is 5.91 Å². The molecular weight excluding hydrogens is 394 g/mol. The third kappa shape index (κ3) is 6.19. The van der Waals surface area contributed by atoms with Crippen molar-refractivity contribution in [3.63, 3.8) is 0 Å². The molecule has 1 unspecified atom stereocenters. The molecule has 3 fully saturated rings. The van der Waals surface area contributed by atoms with E-state index < -0.39 is 6.10 Å².